The topological polar surface area (TPSA) is 149 Å². The zero-order valence-electron chi connectivity index (χ0n) is 35.1. The Morgan fingerprint density at radius 3 is 1.48 bits per heavy atom. The molecule has 0 aromatic heterocycles. The van der Waals surface area contributed by atoms with Crippen LogP contribution in [0.4, 0.5) is 0 Å². The molecule has 0 saturated carbocycles. The van der Waals surface area contributed by atoms with Gasteiger partial charge in [-0.2, -0.15) is 0 Å². The van der Waals surface area contributed by atoms with Crippen molar-refractivity contribution in [1.29, 1.82) is 0 Å². The molecule has 0 bridgehead atoms. The molecule has 0 fully saturated rings. The van der Waals surface area contributed by atoms with Gasteiger partial charge in [0.05, 0.1) is 19.8 Å². The van der Waals surface area contributed by atoms with E-state index in [9.17, 15) is 24.2 Å². The first-order valence-corrected chi connectivity index (χ1v) is 23.2. The summed E-state index contributed by atoms with van der Waals surface area (Å²) in [5.74, 6) is -0.957. The fourth-order valence-electron chi connectivity index (χ4n) is 5.57. The molecule has 0 rings (SSSR count). The van der Waals surface area contributed by atoms with Crippen LogP contribution in [0.2, 0.25) is 0 Å². The minimum atomic E-state index is -4.63. The van der Waals surface area contributed by atoms with Gasteiger partial charge in [-0.05, 0) is 77.0 Å². The van der Waals surface area contributed by atoms with E-state index in [1.54, 1.807) is 0 Å². The van der Waals surface area contributed by atoms with Gasteiger partial charge in [0.1, 0.15) is 12.7 Å². The first-order chi connectivity index (χ1) is 27.2. The lowest BCUT2D eigenvalue weighted by Crippen LogP contribution is -2.29. The summed E-state index contributed by atoms with van der Waals surface area (Å²) in [6.07, 6.45) is 44.7. The summed E-state index contributed by atoms with van der Waals surface area (Å²) in [4.78, 5) is 35.0. The number of allylic oxidation sites excluding steroid dienone is 10. The maximum absolute atomic E-state index is 12.6. The molecule has 3 unspecified atom stereocenters. The van der Waals surface area contributed by atoms with E-state index in [4.69, 9.17) is 19.1 Å². The van der Waals surface area contributed by atoms with Crippen molar-refractivity contribution >= 4 is 19.8 Å². The highest BCUT2D eigenvalue weighted by Crippen LogP contribution is 2.43. The monoisotopic (exact) mass is 811 g/mol. The molecule has 0 amide bonds. The number of phosphoric acid groups is 1. The molecule has 0 heterocycles. The van der Waals surface area contributed by atoms with Gasteiger partial charge in [-0.3, -0.25) is 18.6 Å². The number of carbonyl (C=O) groups is 2. The molecule has 3 atom stereocenters. The number of ether oxygens (including phenoxy) is 2. The van der Waals surface area contributed by atoms with Crippen molar-refractivity contribution in [2.75, 3.05) is 26.4 Å². The van der Waals surface area contributed by atoms with E-state index in [0.29, 0.717) is 12.8 Å². The SMILES string of the molecule is CC/C=C\C/C=C\C/C=C\CCCCCCCC(=O)OC(COC(=O)CCCCCCCCC/C=C\C/C=C\CCCCCC)COP(=O)(O)OCC(O)CO. The van der Waals surface area contributed by atoms with Gasteiger partial charge in [0.2, 0.25) is 0 Å². The minimum absolute atomic E-state index is 0.160. The second-order valence-corrected chi connectivity index (χ2v) is 15.8. The van der Waals surface area contributed by atoms with Crippen molar-refractivity contribution in [3.63, 3.8) is 0 Å². The molecule has 0 spiro atoms. The number of esters is 2. The van der Waals surface area contributed by atoms with Crippen LogP contribution in [0.15, 0.2) is 60.8 Å². The quantitative estimate of drug-likeness (QED) is 0.0236. The van der Waals surface area contributed by atoms with Crippen molar-refractivity contribution in [2.45, 2.75) is 187 Å². The normalized spacial score (nSPS) is 14.4. The molecule has 56 heavy (non-hydrogen) atoms. The van der Waals surface area contributed by atoms with E-state index in [2.05, 4.69) is 79.1 Å². The third-order valence-corrected chi connectivity index (χ3v) is 9.86. The zero-order valence-corrected chi connectivity index (χ0v) is 36.0. The smallest absolute Gasteiger partial charge is 0.462 e. The Morgan fingerprint density at radius 1 is 0.554 bits per heavy atom. The number of aliphatic hydroxyl groups is 2. The van der Waals surface area contributed by atoms with Crippen LogP contribution in [-0.2, 0) is 32.7 Å². The number of carbonyl (C=O) groups excluding carboxylic acids is 2. The largest absolute Gasteiger partial charge is 0.472 e. The number of aliphatic hydroxyl groups excluding tert-OH is 2. The van der Waals surface area contributed by atoms with Crippen molar-refractivity contribution < 1.29 is 47.8 Å². The summed E-state index contributed by atoms with van der Waals surface area (Å²) >= 11 is 0. The minimum Gasteiger partial charge on any atom is -0.462 e. The number of hydrogen-bond acceptors (Lipinski definition) is 9. The van der Waals surface area contributed by atoms with Crippen LogP contribution in [0.3, 0.4) is 0 Å². The van der Waals surface area contributed by atoms with Crippen LogP contribution < -0.4 is 0 Å². The molecule has 0 aliphatic carbocycles. The van der Waals surface area contributed by atoms with Gasteiger partial charge in [-0.15, -0.1) is 0 Å². The Balaban J connectivity index is 4.33. The second-order valence-electron chi connectivity index (χ2n) is 14.3. The molecule has 0 aromatic carbocycles. The number of hydrogen-bond donors (Lipinski definition) is 3. The average molecular weight is 811 g/mol. The highest BCUT2D eigenvalue weighted by Gasteiger charge is 2.27. The lowest BCUT2D eigenvalue weighted by atomic mass is 10.1. The maximum Gasteiger partial charge on any atom is 0.472 e. The second kappa shape index (κ2) is 40.9. The van der Waals surface area contributed by atoms with Crippen LogP contribution in [0.1, 0.15) is 174 Å². The number of phosphoric ester groups is 1. The Bertz CT molecular complexity index is 1120. The molecule has 11 heteroatoms. The van der Waals surface area contributed by atoms with E-state index in [-0.39, 0.29) is 19.4 Å². The van der Waals surface area contributed by atoms with Gasteiger partial charge in [-0.25, -0.2) is 4.57 Å². The van der Waals surface area contributed by atoms with Crippen LogP contribution in [-0.4, -0.2) is 65.7 Å². The molecule has 0 aliphatic heterocycles. The summed E-state index contributed by atoms with van der Waals surface area (Å²) in [6, 6.07) is 0. The zero-order chi connectivity index (χ0) is 41.2. The molecule has 0 saturated heterocycles. The molecule has 3 N–H and O–H groups in total. The number of unbranched alkanes of at least 4 members (excludes halogenated alkanes) is 16. The van der Waals surface area contributed by atoms with Crippen molar-refractivity contribution in [2.24, 2.45) is 0 Å². The van der Waals surface area contributed by atoms with Crippen LogP contribution in [0.5, 0.6) is 0 Å². The highest BCUT2D eigenvalue weighted by molar-refractivity contribution is 7.47. The van der Waals surface area contributed by atoms with Crippen molar-refractivity contribution in [1.82, 2.24) is 0 Å². The van der Waals surface area contributed by atoms with Gasteiger partial charge >= 0.3 is 19.8 Å². The van der Waals surface area contributed by atoms with E-state index >= 15 is 0 Å². The molecule has 0 aromatic rings. The summed E-state index contributed by atoms with van der Waals surface area (Å²) in [5.41, 5.74) is 0. The molecule has 324 valence electrons. The van der Waals surface area contributed by atoms with Gasteiger partial charge in [0, 0.05) is 12.8 Å². The standard InChI is InChI=1S/C45H79O10P/c1-3-5-7-9-11-13-15-17-19-20-21-23-24-26-28-30-32-34-36-44(48)52-40-43(41-54-56(50,51)53-39-42(47)38-46)55-45(49)37-35-33-31-29-27-25-22-18-16-14-12-10-8-6-4-2/h6,8,12-15,18-20,22,42-43,46-47H,3-5,7,9-11,16-17,21,23-41H2,1-2H3,(H,50,51)/b8-6-,14-12-,15-13-,20-19-,22-18-. The van der Waals surface area contributed by atoms with Crippen LogP contribution in [0, 0.1) is 0 Å². The van der Waals surface area contributed by atoms with E-state index in [1.807, 2.05) is 0 Å². The van der Waals surface area contributed by atoms with Crippen molar-refractivity contribution in [3.05, 3.63) is 60.8 Å². The average Bonchev–Trinajstić information content (AvgIpc) is 3.19. The predicted octanol–water partition coefficient (Wildman–Crippen LogP) is 11.5. The lowest BCUT2D eigenvalue weighted by molar-refractivity contribution is -0.161. The predicted molar refractivity (Wildman–Crippen MR) is 228 cm³/mol. The first-order valence-electron chi connectivity index (χ1n) is 21.7. The van der Waals surface area contributed by atoms with Gasteiger partial charge < -0.3 is 24.6 Å². The number of rotatable bonds is 40. The molecular formula is C45H79O10P. The molecule has 10 nitrogen and oxygen atoms in total. The Kier molecular flexibility index (Phi) is 39.2. The first kappa shape index (κ1) is 53.7. The summed E-state index contributed by atoms with van der Waals surface area (Å²) < 4.78 is 32.7. The molecular weight excluding hydrogens is 731 g/mol. The van der Waals surface area contributed by atoms with E-state index < -0.39 is 51.8 Å². The third-order valence-electron chi connectivity index (χ3n) is 8.91. The summed E-state index contributed by atoms with van der Waals surface area (Å²) in [6.45, 7) is 2.21. The highest BCUT2D eigenvalue weighted by atomic mass is 31.2. The Hall–Kier alpha value is -2.33. The Labute approximate surface area is 340 Å². The summed E-state index contributed by atoms with van der Waals surface area (Å²) in [5, 5.41) is 18.3. The van der Waals surface area contributed by atoms with E-state index in [1.165, 1.54) is 51.4 Å². The van der Waals surface area contributed by atoms with Crippen LogP contribution in [0.25, 0.3) is 0 Å². The Morgan fingerprint density at radius 2 is 0.982 bits per heavy atom. The van der Waals surface area contributed by atoms with Crippen LogP contribution >= 0.6 is 7.82 Å². The van der Waals surface area contributed by atoms with E-state index in [0.717, 1.165) is 83.5 Å². The molecule has 0 radical (unpaired) electrons. The third kappa shape index (κ3) is 39.9. The molecule has 0 aliphatic rings. The van der Waals surface area contributed by atoms with Gasteiger partial charge in [0.25, 0.3) is 0 Å². The fraction of sp³-hybridized carbons (Fsp3) is 0.733. The van der Waals surface area contributed by atoms with Gasteiger partial charge in [0.15, 0.2) is 6.10 Å². The lowest BCUT2D eigenvalue weighted by Gasteiger charge is -2.20. The maximum atomic E-state index is 12.6. The summed E-state index contributed by atoms with van der Waals surface area (Å²) in [7, 11) is -4.63. The fourth-order valence-corrected chi connectivity index (χ4v) is 6.36. The van der Waals surface area contributed by atoms with Gasteiger partial charge in [-0.1, -0.05) is 145 Å². The van der Waals surface area contributed by atoms with Crippen molar-refractivity contribution in [3.8, 4) is 0 Å².